The minimum absolute atomic E-state index is 0.0648. The standard InChI is InChI=1S/C23H17ClF3N5O/c24-19-11-16(6-7-20(19)31-9-8-28-13-31)30-22(33)18-12-29-32(21(18)14-4-5-14)17-3-1-2-15(10-17)23(25,26)27/h1-3,6-14H,4-5H2,(H,30,33). The number of carbonyl (C=O) groups excluding carboxylic acids is 1. The van der Waals surface area contributed by atoms with E-state index in [9.17, 15) is 18.0 Å². The van der Waals surface area contributed by atoms with Crippen molar-refractivity contribution in [1.29, 1.82) is 0 Å². The van der Waals surface area contributed by atoms with Gasteiger partial charge in [0.05, 0.1) is 45.7 Å². The summed E-state index contributed by atoms with van der Waals surface area (Å²) >= 11 is 6.37. The number of nitrogens with one attached hydrogen (secondary N) is 1. The van der Waals surface area contributed by atoms with Crippen molar-refractivity contribution in [3.05, 3.63) is 89.2 Å². The fourth-order valence-corrected chi connectivity index (χ4v) is 3.97. The van der Waals surface area contributed by atoms with Crippen molar-refractivity contribution in [2.45, 2.75) is 24.9 Å². The number of hydrogen-bond acceptors (Lipinski definition) is 3. The number of carbonyl (C=O) groups is 1. The van der Waals surface area contributed by atoms with Crippen LogP contribution >= 0.6 is 11.6 Å². The Hall–Kier alpha value is -3.59. The van der Waals surface area contributed by atoms with Gasteiger partial charge >= 0.3 is 6.18 Å². The molecule has 0 spiro atoms. The lowest BCUT2D eigenvalue weighted by Gasteiger charge is -2.12. The van der Waals surface area contributed by atoms with Crippen LogP contribution in [0.5, 0.6) is 0 Å². The smallest absolute Gasteiger partial charge is 0.322 e. The molecule has 1 N–H and O–H groups in total. The molecule has 2 aromatic heterocycles. The van der Waals surface area contributed by atoms with Gasteiger partial charge in [-0.15, -0.1) is 0 Å². The van der Waals surface area contributed by atoms with Gasteiger partial charge in [0.1, 0.15) is 0 Å². The second kappa shape index (κ2) is 8.08. The first-order valence-electron chi connectivity index (χ1n) is 10.2. The number of benzene rings is 2. The second-order valence-corrected chi connectivity index (χ2v) is 8.18. The van der Waals surface area contributed by atoms with Crippen LogP contribution < -0.4 is 5.32 Å². The molecule has 10 heteroatoms. The van der Waals surface area contributed by atoms with Gasteiger partial charge in [0, 0.05) is 24.0 Å². The Morgan fingerprint density at radius 3 is 2.64 bits per heavy atom. The molecule has 2 aromatic carbocycles. The number of aromatic nitrogens is 4. The first-order chi connectivity index (χ1) is 15.8. The van der Waals surface area contributed by atoms with Crippen LogP contribution in [0.25, 0.3) is 11.4 Å². The van der Waals surface area contributed by atoms with Crippen LogP contribution in [-0.2, 0) is 6.18 Å². The molecule has 4 aromatic rings. The molecule has 168 valence electrons. The summed E-state index contributed by atoms with van der Waals surface area (Å²) in [5.41, 5.74) is 1.62. The predicted octanol–water partition coefficient (Wildman–Crippen LogP) is 5.86. The highest BCUT2D eigenvalue weighted by Gasteiger charge is 2.34. The zero-order valence-corrected chi connectivity index (χ0v) is 17.8. The van der Waals surface area contributed by atoms with E-state index in [2.05, 4.69) is 15.4 Å². The van der Waals surface area contributed by atoms with E-state index in [1.807, 2.05) is 0 Å². The topological polar surface area (TPSA) is 64.7 Å². The van der Waals surface area contributed by atoms with Crippen molar-refractivity contribution in [1.82, 2.24) is 19.3 Å². The summed E-state index contributed by atoms with van der Waals surface area (Å²) in [6.45, 7) is 0. The monoisotopic (exact) mass is 471 g/mol. The van der Waals surface area contributed by atoms with E-state index in [1.165, 1.54) is 16.9 Å². The molecule has 1 amide bonds. The predicted molar refractivity (Wildman–Crippen MR) is 117 cm³/mol. The molecule has 1 fully saturated rings. The Labute approximate surface area is 191 Å². The number of alkyl halides is 3. The van der Waals surface area contributed by atoms with Gasteiger partial charge in [-0.3, -0.25) is 4.79 Å². The van der Waals surface area contributed by atoms with Gasteiger partial charge in [-0.25, -0.2) is 9.67 Å². The van der Waals surface area contributed by atoms with E-state index in [0.29, 0.717) is 27.7 Å². The van der Waals surface area contributed by atoms with Crippen LogP contribution in [0, 0.1) is 0 Å². The average molecular weight is 472 g/mol. The van der Waals surface area contributed by atoms with E-state index in [4.69, 9.17) is 11.6 Å². The molecule has 0 atom stereocenters. The lowest BCUT2D eigenvalue weighted by atomic mass is 10.1. The van der Waals surface area contributed by atoms with Crippen molar-refractivity contribution in [3.8, 4) is 11.4 Å². The van der Waals surface area contributed by atoms with E-state index in [-0.39, 0.29) is 11.6 Å². The van der Waals surface area contributed by atoms with Gasteiger partial charge < -0.3 is 9.88 Å². The highest BCUT2D eigenvalue weighted by Crippen LogP contribution is 2.43. The zero-order chi connectivity index (χ0) is 23.2. The number of hydrogen-bond donors (Lipinski definition) is 1. The first-order valence-corrected chi connectivity index (χ1v) is 10.5. The third kappa shape index (κ3) is 4.23. The van der Waals surface area contributed by atoms with E-state index >= 15 is 0 Å². The van der Waals surface area contributed by atoms with Crippen LogP contribution in [0.3, 0.4) is 0 Å². The third-order valence-electron chi connectivity index (χ3n) is 5.42. The molecule has 5 rings (SSSR count). The highest BCUT2D eigenvalue weighted by molar-refractivity contribution is 6.32. The van der Waals surface area contributed by atoms with Crippen molar-refractivity contribution < 1.29 is 18.0 Å². The van der Waals surface area contributed by atoms with E-state index in [0.717, 1.165) is 25.0 Å². The largest absolute Gasteiger partial charge is 0.416 e. The lowest BCUT2D eigenvalue weighted by Crippen LogP contribution is -2.14. The molecule has 1 aliphatic carbocycles. The minimum Gasteiger partial charge on any atom is -0.322 e. The Morgan fingerprint density at radius 2 is 1.97 bits per heavy atom. The highest BCUT2D eigenvalue weighted by atomic mass is 35.5. The fraction of sp³-hybridized carbons (Fsp3) is 0.174. The van der Waals surface area contributed by atoms with Crippen LogP contribution in [0.2, 0.25) is 5.02 Å². The molecular formula is C23H17ClF3N5O. The van der Waals surface area contributed by atoms with Crippen LogP contribution in [0.4, 0.5) is 18.9 Å². The molecule has 6 nitrogen and oxygen atoms in total. The van der Waals surface area contributed by atoms with E-state index in [1.54, 1.807) is 47.6 Å². The number of anilines is 1. The number of amides is 1. The van der Waals surface area contributed by atoms with Crippen LogP contribution in [-0.4, -0.2) is 25.2 Å². The number of imidazole rings is 1. The van der Waals surface area contributed by atoms with Crippen LogP contribution in [0.15, 0.2) is 67.4 Å². The summed E-state index contributed by atoms with van der Waals surface area (Å²) in [5.74, 6) is -0.337. The van der Waals surface area contributed by atoms with Crippen molar-refractivity contribution in [3.63, 3.8) is 0 Å². The Balaban J connectivity index is 1.44. The summed E-state index contributed by atoms with van der Waals surface area (Å²) in [6, 6.07) is 10.0. The Bertz CT molecular complexity index is 1330. The second-order valence-electron chi connectivity index (χ2n) is 7.77. The maximum absolute atomic E-state index is 13.2. The summed E-state index contributed by atoms with van der Waals surface area (Å²) in [5, 5.41) is 7.49. The van der Waals surface area contributed by atoms with Gasteiger partial charge in [0.2, 0.25) is 0 Å². The molecule has 0 aliphatic heterocycles. The van der Waals surface area contributed by atoms with Crippen molar-refractivity contribution >= 4 is 23.2 Å². The molecule has 1 aliphatic rings. The van der Waals surface area contributed by atoms with Gasteiger partial charge in [-0.05, 0) is 49.2 Å². The fourth-order valence-electron chi connectivity index (χ4n) is 3.70. The van der Waals surface area contributed by atoms with E-state index < -0.39 is 17.6 Å². The molecule has 0 saturated heterocycles. The lowest BCUT2D eigenvalue weighted by molar-refractivity contribution is -0.137. The SMILES string of the molecule is O=C(Nc1ccc(-n2ccnc2)c(Cl)c1)c1cnn(-c2cccc(C(F)(F)F)c2)c1C1CC1. The quantitative estimate of drug-likeness (QED) is 0.396. The molecule has 0 unspecified atom stereocenters. The van der Waals surface area contributed by atoms with Gasteiger partial charge in [0.15, 0.2) is 0 Å². The third-order valence-corrected chi connectivity index (χ3v) is 5.72. The zero-order valence-electron chi connectivity index (χ0n) is 17.1. The molecular weight excluding hydrogens is 455 g/mol. The number of halogens is 4. The molecule has 1 saturated carbocycles. The number of nitrogens with zero attached hydrogens (tertiary/aromatic N) is 4. The normalized spacial score (nSPS) is 13.8. The van der Waals surface area contributed by atoms with Gasteiger partial charge in [-0.2, -0.15) is 18.3 Å². The minimum atomic E-state index is -4.47. The van der Waals surface area contributed by atoms with Gasteiger partial charge in [0.25, 0.3) is 5.91 Å². The van der Waals surface area contributed by atoms with Crippen molar-refractivity contribution in [2.75, 3.05) is 5.32 Å². The summed E-state index contributed by atoms with van der Waals surface area (Å²) in [4.78, 5) is 17.1. The molecule has 0 bridgehead atoms. The van der Waals surface area contributed by atoms with Gasteiger partial charge in [-0.1, -0.05) is 17.7 Å². The maximum atomic E-state index is 13.2. The van der Waals surface area contributed by atoms with Crippen LogP contribution in [0.1, 0.15) is 40.4 Å². The molecule has 0 radical (unpaired) electrons. The van der Waals surface area contributed by atoms with Crippen molar-refractivity contribution in [2.24, 2.45) is 0 Å². The Morgan fingerprint density at radius 1 is 1.15 bits per heavy atom. The molecule has 33 heavy (non-hydrogen) atoms. The summed E-state index contributed by atoms with van der Waals surface area (Å²) in [6.07, 6.45) is 3.61. The summed E-state index contributed by atoms with van der Waals surface area (Å²) in [7, 11) is 0. The summed E-state index contributed by atoms with van der Waals surface area (Å²) < 4.78 is 42.7. The maximum Gasteiger partial charge on any atom is 0.416 e. The molecule has 2 heterocycles. The first kappa shape index (κ1) is 21.3. The average Bonchev–Trinajstić information content (AvgIpc) is 3.29. The number of rotatable bonds is 5. The Kier molecular flexibility index (Phi) is 5.20.